The first kappa shape index (κ1) is 13.2. The van der Waals surface area contributed by atoms with Crippen molar-refractivity contribution in [2.45, 2.75) is 25.8 Å². The van der Waals surface area contributed by atoms with Crippen LogP contribution in [-0.2, 0) is 11.2 Å². The van der Waals surface area contributed by atoms with Gasteiger partial charge < -0.3 is 5.32 Å². The number of carbonyl (C=O) groups is 1. The van der Waals surface area contributed by atoms with Gasteiger partial charge >= 0.3 is 0 Å². The minimum atomic E-state index is -0.959. The van der Waals surface area contributed by atoms with Crippen LogP contribution >= 0.6 is 0 Å². The van der Waals surface area contributed by atoms with E-state index in [-0.39, 0.29) is 18.4 Å². The van der Waals surface area contributed by atoms with E-state index in [0.717, 1.165) is 12.1 Å². The molecule has 0 bridgehead atoms. The summed E-state index contributed by atoms with van der Waals surface area (Å²) in [5.74, 6) is 0.232. The highest BCUT2D eigenvalue weighted by Crippen LogP contribution is 2.09. The fourth-order valence-electron chi connectivity index (χ4n) is 1.34. The zero-order valence-electron chi connectivity index (χ0n) is 9.47. The monoisotopic (exact) mass is 237 g/mol. The molecular formula is C13H13F2NO. The van der Waals surface area contributed by atoms with Crippen LogP contribution in [0.1, 0.15) is 18.9 Å². The molecule has 90 valence electrons. The average Bonchev–Trinajstić information content (AvgIpc) is 2.31. The number of nitrogens with one attached hydrogen (secondary N) is 1. The van der Waals surface area contributed by atoms with Crippen LogP contribution in [0.25, 0.3) is 0 Å². The molecule has 0 aromatic heterocycles. The largest absolute Gasteiger partial charge is 0.342 e. The first-order valence-electron chi connectivity index (χ1n) is 5.26. The van der Waals surface area contributed by atoms with Gasteiger partial charge in [-0.15, -0.1) is 6.42 Å². The maximum Gasteiger partial charge on any atom is 0.225 e. The molecule has 0 radical (unpaired) electrons. The van der Waals surface area contributed by atoms with Crippen LogP contribution in [0.5, 0.6) is 0 Å². The molecule has 1 aromatic carbocycles. The lowest BCUT2D eigenvalue weighted by molar-refractivity contribution is -0.120. The molecule has 1 N–H and O–H groups in total. The molecule has 0 saturated carbocycles. The van der Waals surface area contributed by atoms with Crippen LogP contribution in [0.4, 0.5) is 8.78 Å². The summed E-state index contributed by atoms with van der Waals surface area (Å²) in [6.45, 7) is 1.85. The maximum atomic E-state index is 12.9. The molecule has 1 unspecified atom stereocenters. The Morgan fingerprint density at radius 2 is 2.18 bits per heavy atom. The highest BCUT2D eigenvalue weighted by atomic mass is 19.2. The number of hydrogen-bond donors (Lipinski definition) is 1. The third-order valence-electron chi connectivity index (χ3n) is 2.29. The zero-order valence-corrected chi connectivity index (χ0v) is 9.47. The van der Waals surface area contributed by atoms with Gasteiger partial charge in [0, 0.05) is 0 Å². The van der Waals surface area contributed by atoms with Gasteiger partial charge in [-0.25, -0.2) is 8.78 Å². The summed E-state index contributed by atoms with van der Waals surface area (Å²) < 4.78 is 25.5. The minimum Gasteiger partial charge on any atom is -0.342 e. The number of terminal acetylenes is 1. The normalized spacial score (nSPS) is 11.6. The molecule has 0 aliphatic rings. The van der Waals surface area contributed by atoms with Crippen molar-refractivity contribution in [2.75, 3.05) is 0 Å². The van der Waals surface area contributed by atoms with Gasteiger partial charge in [-0.05, 0) is 24.1 Å². The highest BCUT2D eigenvalue weighted by Gasteiger charge is 2.10. The van der Waals surface area contributed by atoms with Crippen molar-refractivity contribution in [3.8, 4) is 12.3 Å². The number of hydrogen-bond acceptors (Lipinski definition) is 1. The lowest BCUT2D eigenvalue weighted by Gasteiger charge is -2.10. The molecule has 1 aromatic rings. The second kappa shape index (κ2) is 6.00. The topological polar surface area (TPSA) is 29.1 Å². The number of amides is 1. The molecule has 1 amide bonds. The Hall–Kier alpha value is -1.89. The Bertz CT molecular complexity index is 451. The van der Waals surface area contributed by atoms with E-state index < -0.39 is 11.6 Å². The van der Waals surface area contributed by atoms with Crippen molar-refractivity contribution < 1.29 is 13.6 Å². The van der Waals surface area contributed by atoms with Crippen LogP contribution in [0.3, 0.4) is 0 Å². The summed E-state index contributed by atoms with van der Waals surface area (Å²) in [7, 11) is 0. The van der Waals surface area contributed by atoms with E-state index in [0.29, 0.717) is 12.0 Å². The lowest BCUT2D eigenvalue weighted by Crippen LogP contribution is -2.34. The van der Waals surface area contributed by atoms with E-state index in [9.17, 15) is 13.6 Å². The Kier molecular flexibility index (Phi) is 4.65. The van der Waals surface area contributed by atoms with Gasteiger partial charge in [0.2, 0.25) is 5.91 Å². The molecule has 0 heterocycles. The second-order valence-corrected chi connectivity index (χ2v) is 3.62. The Morgan fingerprint density at radius 3 is 2.71 bits per heavy atom. The molecule has 1 rings (SSSR count). The molecule has 0 spiro atoms. The van der Waals surface area contributed by atoms with Crippen molar-refractivity contribution in [1.82, 2.24) is 5.32 Å². The number of rotatable bonds is 4. The molecule has 0 saturated heterocycles. The molecule has 0 aliphatic heterocycles. The zero-order chi connectivity index (χ0) is 12.8. The fraction of sp³-hybridized carbons (Fsp3) is 0.308. The standard InChI is InChI=1S/C13H13F2NO/c1-3-10(4-2)16-13(17)8-9-5-6-11(14)12(15)7-9/h1,5-7,10H,4,8H2,2H3,(H,16,17). The van der Waals surface area contributed by atoms with Gasteiger partial charge in [0.15, 0.2) is 11.6 Å². The van der Waals surface area contributed by atoms with E-state index in [1.165, 1.54) is 6.07 Å². The van der Waals surface area contributed by atoms with Gasteiger partial charge in [0.1, 0.15) is 0 Å². The highest BCUT2D eigenvalue weighted by molar-refractivity contribution is 5.79. The van der Waals surface area contributed by atoms with Gasteiger partial charge in [-0.3, -0.25) is 4.79 Å². The van der Waals surface area contributed by atoms with E-state index in [1.807, 2.05) is 6.92 Å². The van der Waals surface area contributed by atoms with Crippen molar-refractivity contribution in [1.29, 1.82) is 0 Å². The third kappa shape index (κ3) is 3.87. The number of benzene rings is 1. The fourth-order valence-corrected chi connectivity index (χ4v) is 1.34. The van der Waals surface area contributed by atoms with E-state index in [1.54, 1.807) is 0 Å². The SMILES string of the molecule is C#CC(CC)NC(=O)Cc1ccc(F)c(F)c1. The molecule has 17 heavy (non-hydrogen) atoms. The predicted molar refractivity (Wildman–Crippen MR) is 61.1 cm³/mol. The number of halogens is 2. The maximum absolute atomic E-state index is 12.9. The molecule has 1 atom stereocenters. The van der Waals surface area contributed by atoms with Gasteiger partial charge in [0.05, 0.1) is 12.5 Å². The third-order valence-corrected chi connectivity index (χ3v) is 2.29. The summed E-state index contributed by atoms with van der Waals surface area (Å²) in [4.78, 5) is 11.5. The van der Waals surface area contributed by atoms with Crippen molar-refractivity contribution in [3.05, 3.63) is 35.4 Å². The average molecular weight is 237 g/mol. The molecule has 0 fully saturated rings. The second-order valence-electron chi connectivity index (χ2n) is 3.62. The molecular weight excluding hydrogens is 224 g/mol. The quantitative estimate of drug-likeness (QED) is 0.798. The summed E-state index contributed by atoms with van der Waals surface area (Å²) >= 11 is 0. The van der Waals surface area contributed by atoms with Crippen LogP contribution < -0.4 is 5.32 Å². The predicted octanol–water partition coefficient (Wildman–Crippen LogP) is 2.04. The Morgan fingerprint density at radius 1 is 1.47 bits per heavy atom. The van der Waals surface area contributed by atoms with E-state index in [4.69, 9.17) is 6.42 Å². The molecule has 2 nitrogen and oxygen atoms in total. The number of carbonyl (C=O) groups excluding carboxylic acids is 1. The van der Waals surface area contributed by atoms with Crippen molar-refractivity contribution >= 4 is 5.91 Å². The van der Waals surface area contributed by atoms with Crippen LogP contribution in [0, 0.1) is 24.0 Å². The van der Waals surface area contributed by atoms with Crippen molar-refractivity contribution in [2.24, 2.45) is 0 Å². The lowest BCUT2D eigenvalue weighted by atomic mass is 10.1. The summed E-state index contributed by atoms with van der Waals surface area (Å²) in [6.07, 6.45) is 5.80. The smallest absolute Gasteiger partial charge is 0.225 e. The van der Waals surface area contributed by atoms with Gasteiger partial charge in [0.25, 0.3) is 0 Å². The van der Waals surface area contributed by atoms with Crippen molar-refractivity contribution in [3.63, 3.8) is 0 Å². The van der Waals surface area contributed by atoms with E-state index in [2.05, 4.69) is 11.2 Å². The summed E-state index contributed by atoms with van der Waals surface area (Å²) in [6, 6.07) is 3.05. The van der Waals surface area contributed by atoms with Crippen LogP contribution in [0.15, 0.2) is 18.2 Å². The van der Waals surface area contributed by atoms with Crippen LogP contribution in [-0.4, -0.2) is 11.9 Å². The molecule has 4 heteroatoms. The summed E-state index contributed by atoms with van der Waals surface area (Å²) in [5, 5.41) is 2.61. The van der Waals surface area contributed by atoms with E-state index >= 15 is 0 Å². The van der Waals surface area contributed by atoms with Gasteiger partial charge in [-0.1, -0.05) is 18.9 Å². The Labute approximate surface area is 99.0 Å². The first-order valence-corrected chi connectivity index (χ1v) is 5.26. The van der Waals surface area contributed by atoms with Crippen LogP contribution in [0.2, 0.25) is 0 Å². The molecule has 0 aliphatic carbocycles. The Balaban J connectivity index is 2.62. The van der Waals surface area contributed by atoms with Gasteiger partial charge in [-0.2, -0.15) is 0 Å². The summed E-state index contributed by atoms with van der Waals surface area (Å²) in [5.41, 5.74) is 0.410. The first-order chi connectivity index (χ1) is 8.06. The minimum absolute atomic E-state index is 0.0185.